The van der Waals surface area contributed by atoms with Crippen molar-refractivity contribution in [3.05, 3.63) is 11.8 Å². The fourth-order valence-corrected chi connectivity index (χ4v) is 1.44. The molecule has 0 aliphatic carbocycles. The lowest BCUT2D eigenvalue weighted by Gasteiger charge is -2.17. The average molecular weight is 308 g/mol. The predicted molar refractivity (Wildman–Crippen MR) is 66.3 cm³/mol. The largest absolute Gasteiger partial charge is 0.476 e. The number of ether oxygens (including phenoxy) is 1. The molecule has 14 heavy (non-hydrogen) atoms. The van der Waals surface area contributed by atoms with E-state index in [0.717, 1.165) is 16.9 Å². The summed E-state index contributed by atoms with van der Waals surface area (Å²) in [7, 11) is 1.92. The fourth-order valence-electron chi connectivity index (χ4n) is 1.22. The van der Waals surface area contributed by atoms with Crippen molar-refractivity contribution in [1.29, 1.82) is 0 Å². The average Bonchev–Trinajstić information content (AvgIpc) is 2.42. The molecule has 4 heteroatoms. The maximum absolute atomic E-state index is 5.59. The highest BCUT2D eigenvalue weighted by Gasteiger charge is 2.22. The lowest BCUT2D eigenvalue weighted by molar-refractivity contribution is 0.320. The minimum Gasteiger partial charge on any atom is -0.476 e. The molecule has 0 aliphatic heterocycles. The summed E-state index contributed by atoms with van der Waals surface area (Å²) in [6.45, 7) is 7.23. The van der Waals surface area contributed by atoms with Crippen molar-refractivity contribution in [1.82, 2.24) is 9.78 Å². The van der Waals surface area contributed by atoms with Crippen LogP contribution in [0.25, 0.3) is 0 Å². The number of aromatic nitrogens is 2. The maximum atomic E-state index is 5.59. The van der Waals surface area contributed by atoms with Crippen molar-refractivity contribution in [2.45, 2.75) is 26.2 Å². The number of rotatable bonds is 3. The van der Waals surface area contributed by atoms with Crippen LogP contribution < -0.4 is 4.74 Å². The molecule has 1 aromatic heterocycles. The third kappa shape index (κ3) is 2.87. The van der Waals surface area contributed by atoms with Gasteiger partial charge in [-0.15, -0.1) is 5.10 Å². The van der Waals surface area contributed by atoms with Gasteiger partial charge in [0.1, 0.15) is 0 Å². The van der Waals surface area contributed by atoms with Crippen molar-refractivity contribution in [3.8, 4) is 5.88 Å². The Morgan fingerprint density at radius 2 is 2.14 bits per heavy atom. The SMILES string of the molecule is Cn1cc(C(C)(C)C)c(OCCI)n1. The summed E-state index contributed by atoms with van der Waals surface area (Å²) in [6.07, 6.45) is 2.03. The summed E-state index contributed by atoms with van der Waals surface area (Å²) >= 11 is 2.29. The minimum atomic E-state index is 0.0921. The van der Waals surface area contributed by atoms with Crippen molar-refractivity contribution < 1.29 is 4.74 Å². The van der Waals surface area contributed by atoms with E-state index in [2.05, 4.69) is 48.5 Å². The molecule has 0 saturated heterocycles. The van der Waals surface area contributed by atoms with Gasteiger partial charge in [-0.1, -0.05) is 43.4 Å². The molecule has 0 unspecified atom stereocenters. The smallest absolute Gasteiger partial charge is 0.236 e. The molecule has 0 fully saturated rings. The quantitative estimate of drug-likeness (QED) is 0.634. The Bertz CT molecular complexity index is 302. The van der Waals surface area contributed by atoms with E-state index in [9.17, 15) is 0 Å². The Balaban J connectivity index is 2.91. The van der Waals surface area contributed by atoms with Crippen LogP contribution in [0.3, 0.4) is 0 Å². The van der Waals surface area contributed by atoms with Gasteiger partial charge in [-0.05, 0) is 5.41 Å². The fraction of sp³-hybridized carbons (Fsp3) is 0.700. The third-order valence-electron chi connectivity index (χ3n) is 1.92. The molecule has 1 heterocycles. The predicted octanol–water partition coefficient (Wildman–Crippen LogP) is 2.53. The van der Waals surface area contributed by atoms with E-state index >= 15 is 0 Å². The molecular weight excluding hydrogens is 291 g/mol. The first kappa shape index (κ1) is 11.8. The van der Waals surface area contributed by atoms with Gasteiger partial charge in [0.25, 0.3) is 0 Å². The highest BCUT2D eigenvalue weighted by Crippen LogP contribution is 2.29. The molecule has 1 aromatic rings. The highest BCUT2D eigenvalue weighted by atomic mass is 127. The molecule has 0 atom stereocenters. The summed E-state index contributed by atoms with van der Waals surface area (Å²) in [5.41, 5.74) is 1.26. The second kappa shape index (κ2) is 4.51. The lowest BCUT2D eigenvalue weighted by Crippen LogP contribution is -2.12. The molecular formula is C10H17IN2O. The zero-order chi connectivity index (χ0) is 10.8. The summed E-state index contributed by atoms with van der Waals surface area (Å²) in [4.78, 5) is 0. The van der Waals surface area contributed by atoms with Crippen LogP contribution in [-0.2, 0) is 12.5 Å². The van der Waals surface area contributed by atoms with Gasteiger partial charge in [-0.25, -0.2) is 0 Å². The topological polar surface area (TPSA) is 27.1 Å². The first-order valence-corrected chi connectivity index (χ1v) is 6.20. The maximum Gasteiger partial charge on any atom is 0.236 e. The number of nitrogens with zero attached hydrogens (tertiary/aromatic N) is 2. The van der Waals surface area contributed by atoms with Gasteiger partial charge in [0, 0.05) is 23.2 Å². The van der Waals surface area contributed by atoms with Gasteiger partial charge >= 0.3 is 0 Å². The van der Waals surface area contributed by atoms with Gasteiger partial charge in [-0.3, -0.25) is 4.68 Å². The molecule has 0 aliphatic rings. The number of hydrogen-bond donors (Lipinski definition) is 0. The molecule has 0 bridgehead atoms. The molecule has 80 valence electrons. The molecule has 0 spiro atoms. The van der Waals surface area contributed by atoms with Crippen LogP contribution in [0.15, 0.2) is 6.20 Å². The van der Waals surface area contributed by atoms with E-state index in [4.69, 9.17) is 4.74 Å². The Morgan fingerprint density at radius 3 is 2.64 bits per heavy atom. The van der Waals surface area contributed by atoms with Crippen molar-refractivity contribution in [3.63, 3.8) is 0 Å². The van der Waals surface area contributed by atoms with Crippen molar-refractivity contribution in [2.75, 3.05) is 11.0 Å². The Hall–Kier alpha value is -0.260. The molecule has 0 N–H and O–H groups in total. The lowest BCUT2D eigenvalue weighted by atomic mass is 9.89. The van der Waals surface area contributed by atoms with Gasteiger partial charge in [-0.2, -0.15) is 0 Å². The van der Waals surface area contributed by atoms with Crippen LogP contribution in [0.1, 0.15) is 26.3 Å². The number of halogens is 1. The number of aryl methyl sites for hydroxylation is 1. The first-order valence-electron chi connectivity index (χ1n) is 4.68. The van der Waals surface area contributed by atoms with Crippen LogP contribution in [0, 0.1) is 0 Å². The Labute approximate surface area is 99.0 Å². The van der Waals surface area contributed by atoms with Gasteiger partial charge in [0.2, 0.25) is 5.88 Å². The van der Waals surface area contributed by atoms with Crippen LogP contribution >= 0.6 is 22.6 Å². The summed E-state index contributed by atoms with van der Waals surface area (Å²) < 4.78 is 8.39. The molecule has 0 radical (unpaired) electrons. The van der Waals surface area contributed by atoms with E-state index in [1.54, 1.807) is 0 Å². The van der Waals surface area contributed by atoms with Gasteiger partial charge in [0.15, 0.2) is 0 Å². The van der Waals surface area contributed by atoms with E-state index in [1.165, 1.54) is 5.56 Å². The van der Waals surface area contributed by atoms with Crippen LogP contribution in [0.5, 0.6) is 5.88 Å². The molecule has 1 rings (SSSR count). The summed E-state index contributed by atoms with van der Waals surface area (Å²) in [5.74, 6) is 0.775. The third-order valence-corrected chi connectivity index (χ3v) is 2.36. The van der Waals surface area contributed by atoms with Crippen molar-refractivity contribution >= 4 is 22.6 Å². The van der Waals surface area contributed by atoms with E-state index in [0.29, 0.717) is 0 Å². The number of hydrogen-bond acceptors (Lipinski definition) is 2. The molecule has 3 nitrogen and oxygen atoms in total. The van der Waals surface area contributed by atoms with Gasteiger partial charge < -0.3 is 4.74 Å². The normalized spacial score (nSPS) is 11.8. The van der Waals surface area contributed by atoms with Crippen LogP contribution in [0.4, 0.5) is 0 Å². The van der Waals surface area contributed by atoms with E-state index in [1.807, 2.05) is 17.9 Å². The second-order valence-electron chi connectivity index (χ2n) is 4.31. The van der Waals surface area contributed by atoms with Crippen LogP contribution in [0.2, 0.25) is 0 Å². The number of alkyl halides is 1. The first-order chi connectivity index (χ1) is 6.45. The van der Waals surface area contributed by atoms with Crippen molar-refractivity contribution in [2.24, 2.45) is 7.05 Å². The Kier molecular flexibility index (Phi) is 3.80. The zero-order valence-electron chi connectivity index (χ0n) is 9.17. The molecule has 0 saturated carbocycles. The van der Waals surface area contributed by atoms with E-state index in [-0.39, 0.29) is 5.41 Å². The van der Waals surface area contributed by atoms with E-state index < -0.39 is 0 Å². The summed E-state index contributed by atoms with van der Waals surface area (Å²) in [6, 6.07) is 0. The van der Waals surface area contributed by atoms with Crippen LogP contribution in [-0.4, -0.2) is 20.8 Å². The zero-order valence-corrected chi connectivity index (χ0v) is 11.3. The molecule has 0 amide bonds. The Morgan fingerprint density at radius 1 is 1.50 bits per heavy atom. The minimum absolute atomic E-state index is 0.0921. The standard InChI is InChI=1S/C10H17IN2O/c1-10(2,3)8-7-13(4)12-9(8)14-6-5-11/h7H,5-6H2,1-4H3. The highest BCUT2D eigenvalue weighted by molar-refractivity contribution is 14.1. The molecule has 0 aromatic carbocycles. The van der Waals surface area contributed by atoms with Gasteiger partial charge in [0.05, 0.1) is 6.61 Å². The monoisotopic (exact) mass is 308 g/mol. The second-order valence-corrected chi connectivity index (χ2v) is 5.39. The summed E-state index contributed by atoms with van der Waals surface area (Å²) in [5, 5.41) is 4.31.